The van der Waals surface area contributed by atoms with Crippen LogP contribution >= 0.6 is 11.6 Å². The van der Waals surface area contributed by atoms with Crippen LogP contribution in [0.5, 0.6) is 11.5 Å². The molecule has 0 aliphatic heterocycles. The van der Waals surface area contributed by atoms with E-state index in [1.807, 2.05) is 44.2 Å². The third-order valence-electron chi connectivity index (χ3n) is 3.86. The zero-order valence-electron chi connectivity index (χ0n) is 15.2. The number of nitrogens with one attached hydrogen (secondary N) is 1. The van der Waals surface area contributed by atoms with Gasteiger partial charge >= 0.3 is 5.97 Å². The van der Waals surface area contributed by atoms with E-state index in [0.717, 1.165) is 11.1 Å². The van der Waals surface area contributed by atoms with Crippen molar-refractivity contribution in [1.29, 1.82) is 0 Å². The zero-order chi connectivity index (χ0) is 19.1. The average molecular weight is 378 g/mol. The van der Waals surface area contributed by atoms with Gasteiger partial charge in [-0.05, 0) is 44.0 Å². The number of aliphatic carboxylic acids is 1. The Balaban J connectivity index is 2.14. The highest BCUT2D eigenvalue weighted by Crippen LogP contribution is 2.37. The van der Waals surface area contributed by atoms with E-state index in [1.54, 1.807) is 13.0 Å². The van der Waals surface area contributed by atoms with Gasteiger partial charge < -0.3 is 19.9 Å². The maximum atomic E-state index is 10.9. The molecule has 2 aromatic rings. The molecular weight excluding hydrogens is 354 g/mol. The Kier molecular flexibility index (Phi) is 7.30. The highest BCUT2D eigenvalue weighted by Gasteiger charge is 2.15. The summed E-state index contributed by atoms with van der Waals surface area (Å²) in [6, 6.07) is 11.0. The number of halogens is 1. The molecule has 0 heterocycles. The molecule has 26 heavy (non-hydrogen) atoms. The average Bonchev–Trinajstić information content (AvgIpc) is 2.60. The second-order valence-electron chi connectivity index (χ2n) is 6.05. The molecule has 0 radical (unpaired) electrons. The van der Waals surface area contributed by atoms with E-state index in [1.165, 1.54) is 5.56 Å². The smallest absolute Gasteiger partial charge is 0.320 e. The highest BCUT2D eigenvalue weighted by atomic mass is 35.5. The Hall–Kier alpha value is -2.24. The Morgan fingerprint density at radius 1 is 1.19 bits per heavy atom. The molecule has 0 amide bonds. The van der Waals surface area contributed by atoms with Crippen molar-refractivity contribution in [2.24, 2.45) is 0 Å². The van der Waals surface area contributed by atoms with Crippen LogP contribution in [0.2, 0.25) is 5.02 Å². The Bertz CT molecular complexity index is 746. The summed E-state index contributed by atoms with van der Waals surface area (Å²) < 4.78 is 11.6. The molecule has 2 aromatic carbocycles. The monoisotopic (exact) mass is 377 g/mol. The molecule has 2 rings (SSSR count). The van der Waals surface area contributed by atoms with Crippen LogP contribution in [0.15, 0.2) is 36.4 Å². The first-order chi connectivity index (χ1) is 12.4. The van der Waals surface area contributed by atoms with Gasteiger partial charge in [-0.3, -0.25) is 4.79 Å². The van der Waals surface area contributed by atoms with Crippen molar-refractivity contribution >= 4 is 17.6 Å². The van der Waals surface area contributed by atoms with Gasteiger partial charge in [-0.25, -0.2) is 0 Å². The van der Waals surface area contributed by atoms with Crippen LogP contribution in [0.4, 0.5) is 0 Å². The summed E-state index contributed by atoms with van der Waals surface area (Å²) in [5, 5.41) is 12.3. The minimum absolute atomic E-state index is 0.367. The van der Waals surface area contributed by atoms with Gasteiger partial charge in [-0.15, -0.1) is 0 Å². The van der Waals surface area contributed by atoms with E-state index < -0.39 is 12.0 Å². The second kappa shape index (κ2) is 9.46. The Morgan fingerprint density at radius 2 is 1.88 bits per heavy atom. The van der Waals surface area contributed by atoms with Gasteiger partial charge in [0.1, 0.15) is 12.6 Å². The fourth-order valence-corrected chi connectivity index (χ4v) is 2.61. The van der Waals surface area contributed by atoms with Gasteiger partial charge in [0.2, 0.25) is 0 Å². The quantitative estimate of drug-likeness (QED) is 0.685. The summed E-state index contributed by atoms with van der Waals surface area (Å²) in [6.07, 6.45) is 0. The van der Waals surface area contributed by atoms with E-state index in [4.69, 9.17) is 26.2 Å². The van der Waals surface area contributed by atoms with Gasteiger partial charge in [0, 0.05) is 6.54 Å². The summed E-state index contributed by atoms with van der Waals surface area (Å²) >= 11 is 6.39. The van der Waals surface area contributed by atoms with E-state index >= 15 is 0 Å². The molecule has 0 spiro atoms. The maximum Gasteiger partial charge on any atom is 0.320 e. The van der Waals surface area contributed by atoms with E-state index in [0.29, 0.717) is 36.3 Å². The lowest BCUT2D eigenvalue weighted by atomic mass is 10.1. The van der Waals surface area contributed by atoms with E-state index in [9.17, 15) is 4.79 Å². The number of ether oxygens (including phenoxy) is 2. The topological polar surface area (TPSA) is 67.8 Å². The molecule has 140 valence electrons. The lowest BCUT2D eigenvalue weighted by molar-refractivity contribution is -0.139. The lowest BCUT2D eigenvalue weighted by Crippen LogP contribution is -2.33. The van der Waals surface area contributed by atoms with Crippen LogP contribution < -0.4 is 14.8 Å². The second-order valence-corrected chi connectivity index (χ2v) is 6.46. The van der Waals surface area contributed by atoms with E-state index in [-0.39, 0.29) is 0 Å². The molecule has 5 nitrogen and oxygen atoms in total. The number of rotatable bonds is 9. The molecule has 0 aliphatic rings. The molecule has 0 aliphatic carbocycles. The van der Waals surface area contributed by atoms with E-state index in [2.05, 4.69) is 5.32 Å². The number of carboxylic acid groups (broad SMARTS) is 1. The highest BCUT2D eigenvalue weighted by molar-refractivity contribution is 6.32. The molecule has 2 N–H and O–H groups in total. The zero-order valence-corrected chi connectivity index (χ0v) is 16.0. The van der Waals surface area contributed by atoms with Gasteiger partial charge in [-0.2, -0.15) is 0 Å². The minimum atomic E-state index is -0.904. The normalized spacial score (nSPS) is 11.8. The van der Waals surface area contributed by atoms with Gasteiger partial charge in [0.25, 0.3) is 0 Å². The van der Waals surface area contributed by atoms with Crippen LogP contribution in [0, 0.1) is 6.92 Å². The van der Waals surface area contributed by atoms with Crippen LogP contribution in [0.25, 0.3) is 0 Å². The Labute approximate surface area is 158 Å². The van der Waals surface area contributed by atoms with Crippen molar-refractivity contribution in [3.05, 3.63) is 58.1 Å². The number of carboxylic acids is 1. The van der Waals surface area contributed by atoms with Gasteiger partial charge in [-0.1, -0.05) is 41.4 Å². The summed E-state index contributed by atoms with van der Waals surface area (Å²) in [5.41, 5.74) is 3.05. The maximum absolute atomic E-state index is 10.9. The van der Waals surface area contributed by atoms with Crippen molar-refractivity contribution in [3.63, 3.8) is 0 Å². The summed E-state index contributed by atoms with van der Waals surface area (Å²) in [6.45, 7) is 6.73. The van der Waals surface area contributed by atoms with Crippen LogP contribution in [0.1, 0.15) is 30.5 Å². The number of carbonyl (C=O) groups is 1. The predicted molar refractivity (Wildman–Crippen MR) is 102 cm³/mol. The van der Waals surface area contributed by atoms with Crippen LogP contribution in [-0.4, -0.2) is 23.7 Å². The van der Waals surface area contributed by atoms with Gasteiger partial charge in [0.15, 0.2) is 11.5 Å². The third kappa shape index (κ3) is 5.64. The third-order valence-corrected chi connectivity index (χ3v) is 4.14. The first kappa shape index (κ1) is 20.1. The fourth-order valence-electron chi connectivity index (χ4n) is 2.32. The fraction of sp³-hybridized carbons (Fsp3) is 0.350. The molecule has 1 atom stereocenters. The molecule has 0 fully saturated rings. The standard InChI is InChI=1S/C20H24ClNO4/c1-4-25-18-10-16(11-22-14(3)20(23)24)9-17(21)19(18)26-12-15-7-5-13(2)6-8-15/h5-10,14,22H,4,11-12H2,1-3H3,(H,23,24). The SMILES string of the molecule is CCOc1cc(CNC(C)C(=O)O)cc(Cl)c1OCc1ccc(C)cc1. The molecule has 6 heteroatoms. The van der Waals surface area contributed by atoms with Crippen molar-refractivity contribution in [3.8, 4) is 11.5 Å². The molecule has 0 saturated carbocycles. The largest absolute Gasteiger partial charge is 0.490 e. The van der Waals surface area contributed by atoms with Crippen LogP contribution in [-0.2, 0) is 17.9 Å². The number of hydrogen-bond donors (Lipinski definition) is 2. The van der Waals surface area contributed by atoms with Crippen molar-refractivity contribution in [1.82, 2.24) is 5.32 Å². The molecular formula is C20H24ClNO4. The first-order valence-corrected chi connectivity index (χ1v) is 8.88. The summed E-state index contributed by atoms with van der Waals surface area (Å²) in [7, 11) is 0. The molecule has 1 unspecified atom stereocenters. The van der Waals surface area contributed by atoms with Crippen LogP contribution in [0.3, 0.4) is 0 Å². The number of aryl methyl sites for hydroxylation is 1. The summed E-state index contributed by atoms with van der Waals surface area (Å²) in [5.74, 6) is 0.134. The minimum Gasteiger partial charge on any atom is -0.490 e. The number of benzene rings is 2. The molecule has 0 bridgehead atoms. The van der Waals surface area contributed by atoms with Crippen molar-refractivity contribution in [2.45, 2.75) is 40.0 Å². The number of hydrogen-bond acceptors (Lipinski definition) is 4. The Morgan fingerprint density at radius 3 is 2.50 bits per heavy atom. The van der Waals surface area contributed by atoms with Crippen molar-refractivity contribution < 1.29 is 19.4 Å². The first-order valence-electron chi connectivity index (χ1n) is 8.50. The molecule has 0 aromatic heterocycles. The predicted octanol–water partition coefficient (Wildman–Crippen LogP) is 4.19. The summed E-state index contributed by atoms with van der Waals surface area (Å²) in [4.78, 5) is 10.9. The molecule has 0 saturated heterocycles. The van der Waals surface area contributed by atoms with Gasteiger partial charge in [0.05, 0.1) is 11.6 Å². The lowest BCUT2D eigenvalue weighted by Gasteiger charge is -2.16. The van der Waals surface area contributed by atoms with Crippen molar-refractivity contribution in [2.75, 3.05) is 6.61 Å².